The minimum Gasteiger partial charge on any atom is -0.347 e. The number of aromatic nitrogens is 3. The number of hydrogen-bond donors (Lipinski definition) is 1. The van der Waals surface area contributed by atoms with Crippen molar-refractivity contribution in [3.63, 3.8) is 0 Å². The van der Waals surface area contributed by atoms with Crippen molar-refractivity contribution in [2.45, 2.75) is 6.54 Å². The lowest BCUT2D eigenvalue weighted by atomic mass is 10.2. The molecule has 2 heterocycles. The molecule has 0 spiro atoms. The highest BCUT2D eigenvalue weighted by Crippen LogP contribution is 2.29. The Labute approximate surface area is 148 Å². The average Bonchev–Trinajstić information content (AvgIpc) is 3.11. The standard InChI is InChI=1S/C19H14N4OS/c24-18(22-12-13-6-2-1-3-7-13)16-17(21-11-10-20-16)19-23-14-8-4-5-9-15(14)25-19/h1-11H,12H2,(H,22,24). The lowest BCUT2D eigenvalue weighted by Gasteiger charge is -2.07. The number of para-hydroxylation sites is 1. The lowest BCUT2D eigenvalue weighted by molar-refractivity contribution is 0.0946. The van der Waals surface area contributed by atoms with Gasteiger partial charge in [-0.3, -0.25) is 4.79 Å². The summed E-state index contributed by atoms with van der Waals surface area (Å²) in [6.45, 7) is 0.440. The van der Waals surface area contributed by atoms with Gasteiger partial charge in [-0.1, -0.05) is 42.5 Å². The van der Waals surface area contributed by atoms with Crippen molar-refractivity contribution in [1.29, 1.82) is 0 Å². The molecule has 0 saturated heterocycles. The van der Waals surface area contributed by atoms with Gasteiger partial charge in [0.15, 0.2) is 5.69 Å². The Morgan fingerprint density at radius 3 is 2.56 bits per heavy atom. The Kier molecular flexibility index (Phi) is 4.18. The van der Waals surface area contributed by atoms with E-state index in [1.54, 1.807) is 6.20 Å². The summed E-state index contributed by atoms with van der Waals surface area (Å²) in [5.74, 6) is -0.258. The lowest BCUT2D eigenvalue weighted by Crippen LogP contribution is -2.24. The molecule has 0 aliphatic heterocycles. The van der Waals surface area contributed by atoms with Crippen LogP contribution in [0, 0.1) is 0 Å². The fourth-order valence-corrected chi connectivity index (χ4v) is 3.46. The second-order valence-electron chi connectivity index (χ2n) is 5.41. The van der Waals surface area contributed by atoms with Crippen molar-refractivity contribution in [2.75, 3.05) is 0 Å². The predicted octanol–water partition coefficient (Wildman–Crippen LogP) is 3.68. The molecule has 0 unspecified atom stereocenters. The zero-order valence-electron chi connectivity index (χ0n) is 13.2. The summed E-state index contributed by atoms with van der Waals surface area (Å²) in [6.07, 6.45) is 3.10. The van der Waals surface area contributed by atoms with E-state index >= 15 is 0 Å². The molecule has 0 aliphatic rings. The van der Waals surface area contributed by atoms with Crippen molar-refractivity contribution >= 4 is 27.5 Å². The van der Waals surface area contributed by atoms with Crippen LogP contribution < -0.4 is 5.32 Å². The Hall–Kier alpha value is -3.12. The maximum atomic E-state index is 12.6. The second kappa shape index (κ2) is 6.78. The van der Waals surface area contributed by atoms with Gasteiger partial charge in [-0.05, 0) is 17.7 Å². The average molecular weight is 346 g/mol. The number of hydrogen-bond acceptors (Lipinski definition) is 5. The molecule has 2 aromatic heterocycles. The number of amides is 1. The van der Waals surface area contributed by atoms with Crippen LogP contribution in [0.4, 0.5) is 0 Å². The Balaban J connectivity index is 1.63. The zero-order chi connectivity index (χ0) is 17.1. The largest absolute Gasteiger partial charge is 0.347 e. The molecule has 1 amide bonds. The van der Waals surface area contributed by atoms with Crippen molar-refractivity contribution in [2.24, 2.45) is 0 Å². The summed E-state index contributed by atoms with van der Waals surface area (Å²) >= 11 is 1.50. The molecule has 6 heteroatoms. The maximum Gasteiger partial charge on any atom is 0.272 e. The van der Waals surface area contributed by atoms with E-state index in [0.717, 1.165) is 15.8 Å². The molecular weight excluding hydrogens is 332 g/mol. The van der Waals surface area contributed by atoms with Crippen molar-refractivity contribution in [3.8, 4) is 10.7 Å². The highest BCUT2D eigenvalue weighted by Gasteiger charge is 2.18. The molecule has 0 aliphatic carbocycles. The normalized spacial score (nSPS) is 10.7. The third-order valence-electron chi connectivity index (χ3n) is 3.71. The molecule has 4 aromatic rings. The molecule has 1 N–H and O–H groups in total. The molecule has 4 rings (SSSR count). The first-order valence-electron chi connectivity index (χ1n) is 7.80. The molecule has 0 fully saturated rings. The summed E-state index contributed by atoms with van der Waals surface area (Å²) in [5.41, 5.74) is 2.72. The van der Waals surface area contributed by atoms with E-state index in [2.05, 4.69) is 20.3 Å². The summed E-state index contributed by atoms with van der Waals surface area (Å²) in [6, 6.07) is 17.6. The Morgan fingerprint density at radius 1 is 0.960 bits per heavy atom. The van der Waals surface area contributed by atoms with Crippen molar-refractivity contribution in [1.82, 2.24) is 20.3 Å². The molecule has 5 nitrogen and oxygen atoms in total. The van der Waals surface area contributed by atoms with E-state index in [4.69, 9.17) is 0 Å². The molecule has 0 atom stereocenters. The van der Waals surface area contributed by atoms with Gasteiger partial charge in [0, 0.05) is 18.9 Å². The number of nitrogens with one attached hydrogen (secondary N) is 1. The van der Waals surface area contributed by atoms with Crippen molar-refractivity contribution in [3.05, 3.63) is 78.2 Å². The van der Waals surface area contributed by atoms with Crippen LogP contribution in [0.1, 0.15) is 16.1 Å². The first kappa shape index (κ1) is 15.4. The second-order valence-corrected chi connectivity index (χ2v) is 6.44. The molecule has 122 valence electrons. The van der Waals surface area contributed by atoms with E-state index in [1.165, 1.54) is 17.5 Å². The number of carbonyl (C=O) groups is 1. The summed E-state index contributed by atoms with van der Waals surface area (Å²) < 4.78 is 1.05. The van der Waals surface area contributed by atoms with Crippen LogP contribution in [0.5, 0.6) is 0 Å². The van der Waals surface area contributed by atoms with E-state index in [-0.39, 0.29) is 11.6 Å². The summed E-state index contributed by atoms with van der Waals surface area (Å²) in [4.78, 5) is 25.7. The smallest absolute Gasteiger partial charge is 0.272 e. The Bertz CT molecular complexity index is 997. The monoisotopic (exact) mass is 346 g/mol. The van der Waals surface area contributed by atoms with Gasteiger partial charge in [0.1, 0.15) is 10.7 Å². The van der Waals surface area contributed by atoms with Crippen LogP contribution in [0.3, 0.4) is 0 Å². The van der Waals surface area contributed by atoms with Gasteiger partial charge in [0.05, 0.1) is 10.2 Å². The third-order valence-corrected chi connectivity index (χ3v) is 4.75. The SMILES string of the molecule is O=C(NCc1ccccc1)c1nccnc1-c1nc2ccccc2s1. The number of nitrogens with zero attached hydrogens (tertiary/aromatic N) is 3. The van der Waals surface area contributed by atoms with E-state index in [1.807, 2.05) is 54.6 Å². The third kappa shape index (κ3) is 3.25. The van der Waals surface area contributed by atoms with Gasteiger partial charge in [0.25, 0.3) is 5.91 Å². The van der Waals surface area contributed by atoms with Gasteiger partial charge in [-0.2, -0.15) is 0 Å². The topological polar surface area (TPSA) is 67.8 Å². The number of fused-ring (bicyclic) bond motifs is 1. The van der Waals surface area contributed by atoms with Crippen LogP contribution in [-0.2, 0) is 6.54 Å². The molecule has 0 radical (unpaired) electrons. The number of rotatable bonds is 4. The van der Waals surface area contributed by atoms with E-state index < -0.39 is 0 Å². The highest BCUT2D eigenvalue weighted by molar-refractivity contribution is 7.21. The van der Waals surface area contributed by atoms with E-state index in [9.17, 15) is 4.79 Å². The molecule has 0 saturated carbocycles. The molecule has 0 bridgehead atoms. The van der Waals surface area contributed by atoms with E-state index in [0.29, 0.717) is 17.2 Å². The van der Waals surface area contributed by atoms with Gasteiger partial charge < -0.3 is 5.32 Å². The zero-order valence-corrected chi connectivity index (χ0v) is 14.0. The molecular formula is C19H14N4OS. The first-order chi connectivity index (χ1) is 12.3. The molecule has 25 heavy (non-hydrogen) atoms. The van der Waals surface area contributed by atoms with Crippen LogP contribution >= 0.6 is 11.3 Å². The molecule has 2 aromatic carbocycles. The van der Waals surface area contributed by atoms with Gasteiger partial charge in [-0.15, -0.1) is 11.3 Å². The predicted molar refractivity (Wildman–Crippen MR) is 98.3 cm³/mol. The van der Waals surface area contributed by atoms with Crippen LogP contribution in [0.25, 0.3) is 20.9 Å². The number of benzene rings is 2. The minimum atomic E-state index is -0.258. The summed E-state index contributed by atoms with van der Waals surface area (Å²) in [7, 11) is 0. The van der Waals surface area contributed by atoms with Gasteiger partial charge in [-0.25, -0.2) is 15.0 Å². The van der Waals surface area contributed by atoms with Crippen LogP contribution in [0.15, 0.2) is 67.0 Å². The van der Waals surface area contributed by atoms with Crippen molar-refractivity contribution < 1.29 is 4.79 Å². The van der Waals surface area contributed by atoms with Crippen LogP contribution in [0.2, 0.25) is 0 Å². The minimum absolute atomic E-state index is 0.258. The fraction of sp³-hybridized carbons (Fsp3) is 0.0526. The quantitative estimate of drug-likeness (QED) is 0.612. The summed E-state index contributed by atoms with van der Waals surface area (Å²) in [5, 5.41) is 3.59. The number of carbonyl (C=O) groups excluding carboxylic acids is 1. The highest BCUT2D eigenvalue weighted by atomic mass is 32.1. The number of thiazole rings is 1. The van der Waals surface area contributed by atoms with Gasteiger partial charge >= 0.3 is 0 Å². The van der Waals surface area contributed by atoms with Crippen LogP contribution in [-0.4, -0.2) is 20.9 Å². The Morgan fingerprint density at radius 2 is 1.72 bits per heavy atom. The first-order valence-corrected chi connectivity index (χ1v) is 8.62. The fourth-order valence-electron chi connectivity index (χ4n) is 2.50. The maximum absolute atomic E-state index is 12.6. The van der Waals surface area contributed by atoms with Gasteiger partial charge in [0.2, 0.25) is 0 Å².